The third kappa shape index (κ3) is 10.3. The van der Waals surface area contributed by atoms with Gasteiger partial charge in [0.25, 0.3) is 0 Å². The van der Waals surface area contributed by atoms with Crippen LogP contribution in [-0.2, 0) is 14.3 Å². The van der Waals surface area contributed by atoms with Crippen LogP contribution in [0, 0.1) is 5.92 Å². The van der Waals surface area contributed by atoms with E-state index in [9.17, 15) is 9.59 Å². The maximum absolute atomic E-state index is 12.0. The number of nitrogens with one attached hydrogen (secondary N) is 1. The second-order valence-electron chi connectivity index (χ2n) is 9.74. The maximum Gasteiger partial charge on any atom is 0.328 e. The number of hydrogen-bond acceptors (Lipinski definition) is 4. The minimum Gasteiger partial charge on any atom is -0.460 e. The Bertz CT molecular complexity index is 872. The first-order chi connectivity index (χ1) is 15.9. The van der Waals surface area contributed by atoms with Crippen LogP contribution in [0.4, 0.5) is 0 Å². The minimum absolute atomic E-state index is 0.172. The Morgan fingerprint density at radius 2 is 1.59 bits per heavy atom. The quantitative estimate of drug-likeness (QED) is 0.218. The number of unbranched alkanes of at least 4 members (excludes halogenated alkanes) is 1. The van der Waals surface area contributed by atoms with Gasteiger partial charge in [-0.05, 0) is 109 Å². The fraction of sp³-hybridized carbons (Fsp3) is 0.586. The molecule has 0 saturated carbocycles. The number of carbonyl (C=O) groups is 2. The van der Waals surface area contributed by atoms with Gasteiger partial charge in [0.1, 0.15) is 12.6 Å². The van der Waals surface area contributed by atoms with Crippen LogP contribution >= 0.6 is 0 Å². The zero-order valence-electron chi connectivity index (χ0n) is 22.6. The summed E-state index contributed by atoms with van der Waals surface area (Å²) in [6, 6.07) is -1.39. The molecule has 3 atom stereocenters. The Balaban J connectivity index is 2.54. The van der Waals surface area contributed by atoms with Crippen LogP contribution in [0.2, 0.25) is 0 Å². The lowest BCUT2D eigenvalue weighted by atomic mass is 9.83. The molecule has 2 unspecified atom stereocenters. The number of carbonyl (C=O) groups excluding carboxylic acids is 2. The lowest BCUT2D eigenvalue weighted by molar-refractivity contribution is -0.146. The van der Waals surface area contributed by atoms with Gasteiger partial charge in [0.15, 0.2) is 0 Å². The molecule has 0 aromatic rings. The monoisotopic (exact) mass is 470 g/mol. The topological polar surface area (TPSA) is 81.4 Å². The Hall–Kier alpha value is -2.40. The Morgan fingerprint density at radius 3 is 2.15 bits per heavy atom. The van der Waals surface area contributed by atoms with E-state index in [-0.39, 0.29) is 12.5 Å². The van der Waals surface area contributed by atoms with Crippen LogP contribution < -0.4 is 11.1 Å². The summed E-state index contributed by atoms with van der Waals surface area (Å²) < 4.78 is 5.25. The largest absolute Gasteiger partial charge is 0.460 e. The summed E-state index contributed by atoms with van der Waals surface area (Å²) in [6.45, 7) is 16.4. The van der Waals surface area contributed by atoms with E-state index in [0.29, 0.717) is 5.92 Å². The van der Waals surface area contributed by atoms with Gasteiger partial charge in [0.05, 0.1) is 6.04 Å². The van der Waals surface area contributed by atoms with E-state index in [0.717, 1.165) is 18.4 Å². The molecule has 1 amide bonds. The van der Waals surface area contributed by atoms with E-state index in [1.807, 2.05) is 13.0 Å². The van der Waals surface area contributed by atoms with Crippen molar-refractivity contribution in [3.8, 4) is 0 Å². The molecule has 0 aliphatic heterocycles. The molecule has 1 aliphatic rings. The standard InChI is InChI=1S/C29H46N2O3/c1-19(21(3)16-17-34-29(33)26(8)31-28(32)25(7)30)12-9-10-13-20(2)24(6)18-27-22(4)14-11-15-23(27)5/h12-13,16,18,22,25-26H,9-11,14-15,17,30H2,1-8H3,(H,31,32)/b19-12+,20-13+,21-16+,24-18+/t22?,25-,26?/m0/s1. The molecule has 0 radical (unpaired) electrons. The van der Waals surface area contributed by atoms with Crippen molar-refractivity contribution in [2.75, 3.05) is 6.61 Å². The predicted octanol–water partition coefficient (Wildman–Crippen LogP) is 6.08. The summed E-state index contributed by atoms with van der Waals surface area (Å²) in [7, 11) is 0. The van der Waals surface area contributed by atoms with Crippen LogP contribution in [0.3, 0.4) is 0 Å². The fourth-order valence-electron chi connectivity index (χ4n) is 3.87. The van der Waals surface area contributed by atoms with E-state index < -0.39 is 18.1 Å². The van der Waals surface area contributed by atoms with Crippen LogP contribution in [-0.4, -0.2) is 30.6 Å². The van der Waals surface area contributed by atoms with Crippen LogP contribution in [0.1, 0.15) is 87.5 Å². The third-order valence-electron chi connectivity index (χ3n) is 6.64. The molecule has 0 spiro atoms. The van der Waals surface area contributed by atoms with Crippen LogP contribution in [0.25, 0.3) is 0 Å². The maximum atomic E-state index is 12.0. The van der Waals surface area contributed by atoms with Gasteiger partial charge in [0.2, 0.25) is 5.91 Å². The van der Waals surface area contributed by atoms with Gasteiger partial charge < -0.3 is 15.8 Å². The first-order valence-electron chi connectivity index (χ1n) is 12.6. The van der Waals surface area contributed by atoms with Crippen molar-refractivity contribution >= 4 is 11.9 Å². The first kappa shape index (κ1) is 29.6. The number of allylic oxidation sites excluding steroid dienone is 9. The summed E-state index contributed by atoms with van der Waals surface area (Å²) in [4.78, 5) is 23.6. The van der Waals surface area contributed by atoms with E-state index in [1.165, 1.54) is 41.6 Å². The molecule has 1 rings (SSSR count). The van der Waals surface area contributed by atoms with Gasteiger partial charge in [-0.25, -0.2) is 4.79 Å². The third-order valence-corrected chi connectivity index (χ3v) is 6.64. The highest BCUT2D eigenvalue weighted by Gasteiger charge is 2.18. The average Bonchev–Trinajstić information content (AvgIpc) is 2.78. The second-order valence-corrected chi connectivity index (χ2v) is 9.74. The summed E-state index contributed by atoms with van der Waals surface area (Å²) in [5.41, 5.74) is 13.5. The molecule has 0 aromatic heterocycles. The molecule has 190 valence electrons. The molecule has 0 fully saturated rings. The van der Waals surface area contributed by atoms with Gasteiger partial charge in [-0.3, -0.25) is 4.79 Å². The number of amides is 1. The highest BCUT2D eigenvalue weighted by Crippen LogP contribution is 2.31. The predicted molar refractivity (Wildman–Crippen MR) is 142 cm³/mol. The number of rotatable bonds is 11. The molecule has 34 heavy (non-hydrogen) atoms. The van der Waals surface area contributed by atoms with Gasteiger partial charge in [0, 0.05) is 0 Å². The molecule has 0 aromatic carbocycles. The molecule has 0 bridgehead atoms. The normalized spacial score (nSPS) is 20.2. The first-order valence-corrected chi connectivity index (χ1v) is 12.6. The second kappa shape index (κ2) is 14.8. The lowest BCUT2D eigenvalue weighted by Gasteiger charge is -2.23. The zero-order valence-corrected chi connectivity index (χ0v) is 22.6. The smallest absolute Gasteiger partial charge is 0.328 e. The Morgan fingerprint density at radius 1 is 1.03 bits per heavy atom. The van der Waals surface area contributed by atoms with Gasteiger partial charge in [-0.1, -0.05) is 41.9 Å². The fourth-order valence-corrected chi connectivity index (χ4v) is 3.87. The molecule has 5 heteroatoms. The van der Waals surface area contributed by atoms with Crippen LogP contribution in [0.15, 0.2) is 57.7 Å². The summed E-state index contributed by atoms with van der Waals surface area (Å²) >= 11 is 0. The highest BCUT2D eigenvalue weighted by molar-refractivity contribution is 5.86. The van der Waals surface area contributed by atoms with E-state index in [1.54, 1.807) is 19.4 Å². The highest BCUT2D eigenvalue weighted by atomic mass is 16.5. The van der Waals surface area contributed by atoms with Crippen molar-refractivity contribution in [2.45, 2.75) is 99.6 Å². The van der Waals surface area contributed by atoms with Crippen LogP contribution in [0.5, 0.6) is 0 Å². The molecular weight excluding hydrogens is 424 g/mol. The van der Waals surface area contributed by atoms with E-state index in [4.69, 9.17) is 10.5 Å². The van der Waals surface area contributed by atoms with Gasteiger partial charge in [-0.15, -0.1) is 0 Å². The molecule has 5 nitrogen and oxygen atoms in total. The van der Waals surface area contributed by atoms with Gasteiger partial charge >= 0.3 is 5.97 Å². The van der Waals surface area contributed by atoms with Crippen molar-refractivity contribution in [1.82, 2.24) is 5.32 Å². The zero-order chi connectivity index (χ0) is 25.8. The van der Waals surface area contributed by atoms with Crippen molar-refractivity contribution in [3.63, 3.8) is 0 Å². The molecule has 3 N–H and O–H groups in total. The summed E-state index contributed by atoms with van der Waals surface area (Å²) in [6.07, 6.45) is 14.6. The van der Waals surface area contributed by atoms with E-state index >= 15 is 0 Å². The molecular formula is C29H46N2O3. The van der Waals surface area contributed by atoms with E-state index in [2.05, 4.69) is 58.2 Å². The molecule has 0 saturated heterocycles. The number of ether oxygens (including phenoxy) is 1. The Labute approximate surface area is 207 Å². The number of nitrogens with two attached hydrogens (primary N) is 1. The van der Waals surface area contributed by atoms with Crippen molar-refractivity contribution in [3.05, 3.63) is 57.7 Å². The SMILES string of the molecule is CC1=C(/C=C(C)/C(C)=C/CC/C=C(C)/C(C)=C/COC(=O)C(C)NC(=O)[C@H](C)N)C(C)CCC1. The van der Waals surface area contributed by atoms with Crippen molar-refractivity contribution in [2.24, 2.45) is 11.7 Å². The van der Waals surface area contributed by atoms with Crippen molar-refractivity contribution < 1.29 is 14.3 Å². The minimum atomic E-state index is -0.724. The summed E-state index contributed by atoms with van der Waals surface area (Å²) in [5, 5.41) is 2.54. The average molecular weight is 471 g/mol. The Kier molecular flexibility index (Phi) is 12.9. The molecule has 1 aliphatic carbocycles. The lowest BCUT2D eigenvalue weighted by Crippen LogP contribution is -2.46. The van der Waals surface area contributed by atoms with Crippen molar-refractivity contribution in [1.29, 1.82) is 0 Å². The summed E-state index contributed by atoms with van der Waals surface area (Å²) in [5.74, 6) is -0.189. The number of esters is 1. The van der Waals surface area contributed by atoms with Gasteiger partial charge in [-0.2, -0.15) is 0 Å². The molecule has 0 heterocycles. The number of hydrogen-bond donors (Lipinski definition) is 2.